The van der Waals surface area contributed by atoms with Crippen LogP contribution in [0.15, 0.2) is 48.7 Å². The third kappa shape index (κ3) is 4.18. The molecular formula is C18H17Cl2N5. The highest BCUT2D eigenvalue weighted by Gasteiger charge is 2.09. The Morgan fingerprint density at radius 3 is 2.48 bits per heavy atom. The van der Waals surface area contributed by atoms with E-state index in [1.165, 1.54) is 5.56 Å². The average Bonchev–Trinajstić information content (AvgIpc) is 2.60. The van der Waals surface area contributed by atoms with Crippen molar-refractivity contribution in [1.82, 2.24) is 15.2 Å². The Balaban J connectivity index is 1.84. The molecule has 7 heteroatoms. The zero-order valence-corrected chi connectivity index (χ0v) is 15.3. The van der Waals surface area contributed by atoms with Crippen molar-refractivity contribution in [3.8, 4) is 0 Å². The molecule has 0 spiro atoms. The largest absolute Gasteiger partial charge is 0.339 e. The number of nitrogens with one attached hydrogen (secondary N) is 2. The Morgan fingerprint density at radius 2 is 1.68 bits per heavy atom. The summed E-state index contributed by atoms with van der Waals surface area (Å²) in [5, 5.41) is 15.2. The number of nitrogens with zero attached hydrogens (tertiary/aromatic N) is 3. The first-order chi connectivity index (χ1) is 12.0. The first-order valence-electron chi connectivity index (χ1n) is 7.81. The van der Waals surface area contributed by atoms with E-state index in [-0.39, 0.29) is 0 Å². The van der Waals surface area contributed by atoms with Crippen molar-refractivity contribution in [1.29, 1.82) is 0 Å². The van der Waals surface area contributed by atoms with Crippen LogP contribution in [0.5, 0.6) is 0 Å². The van der Waals surface area contributed by atoms with Crippen LogP contribution in [-0.2, 0) is 0 Å². The van der Waals surface area contributed by atoms with Gasteiger partial charge >= 0.3 is 0 Å². The highest BCUT2D eigenvalue weighted by molar-refractivity contribution is 6.43. The van der Waals surface area contributed by atoms with Crippen LogP contribution >= 0.6 is 23.2 Å². The van der Waals surface area contributed by atoms with E-state index in [2.05, 4.69) is 45.7 Å². The van der Waals surface area contributed by atoms with Crippen LogP contribution in [-0.4, -0.2) is 15.2 Å². The normalized spacial score (nSPS) is 10.8. The van der Waals surface area contributed by atoms with Crippen molar-refractivity contribution < 1.29 is 0 Å². The van der Waals surface area contributed by atoms with E-state index in [9.17, 15) is 0 Å². The van der Waals surface area contributed by atoms with Crippen LogP contribution in [0, 0.1) is 0 Å². The third-order valence-electron chi connectivity index (χ3n) is 3.60. The van der Waals surface area contributed by atoms with Gasteiger partial charge in [-0.3, -0.25) is 0 Å². The summed E-state index contributed by atoms with van der Waals surface area (Å²) in [6.45, 7) is 4.29. The van der Waals surface area contributed by atoms with E-state index in [0.29, 0.717) is 33.4 Å². The van der Waals surface area contributed by atoms with Crippen molar-refractivity contribution >= 4 is 46.3 Å². The highest BCUT2D eigenvalue weighted by atomic mass is 35.5. The van der Waals surface area contributed by atoms with E-state index in [1.54, 1.807) is 24.4 Å². The minimum absolute atomic E-state index is 0.330. The number of rotatable bonds is 5. The SMILES string of the molecule is CC(C)c1ccccc1Nc1cnnc(Nc2cccc(Cl)c2Cl)n1. The van der Waals surface area contributed by atoms with Gasteiger partial charge in [0.15, 0.2) is 5.82 Å². The molecule has 25 heavy (non-hydrogen) atoms. The fourth-order valence-electron chi connectivity index (χ4n) is 2.39. The fraction of sp³-hybridized carbons (Fsp3) is 0.167. The molecule has 0 aliphatic heterocycles. The van der Waals surface area contributed by atoms with Gasteiger partial charge in [0, 0.05) is 5.69 Å². The minimum atomic E-state index is 0.330. The third-order valence-corrected chi connectivity index (χ3v) is 4.42. The number of para-hydroxylation sites is 1. The zero-order valence-electron chi connectivity index (χ0n) is 13.8. The molecule has 0 radical (unpaired) electrons. The van der Waals surface area contributed by atoms with Crippen molar-refractivity contribution in [2.75, 3.05) is 10.6 Å². The summed E-state index contributed by atoms with van der Waals surface area (Å²) in [6.07, 6.45) is 1.57. The van der Waals surface area contributed by atoms with Crippen LogP contribution in [0.2, 0.25) is 10.0 Å². The number of aromatic nitrogens is 3. The van der Waals surface area contributed by atoms with Crippen LogP contribution in [0.1, 0.15) is 25.3 Å². The van der Waals surface area contributed by atoms with E-state index in [4.69, 9.17) is 23.2 Å². The van der Waals surface area contributed by atoms with E-state index >= 15 is 0 Å². The lowest BCUT2D eigenvalue weighted by atomic mass is 10.0. The second kappa shape index (κ2) is 7.68. The molecule has 0 aliphatic carbocycles. The van der Waals surface area contributed by atoms with Gasteiger partial charge in [0.05, 0.1) is 21.9 Å². The van der Waals surface area contributed by atoms with Gasteiger partial charge in [-0.15, -0.1) is 5.10 Å². The summed E-state index contributed by atoms with van der Waals surface area (Å²) in [5.41, 5.74) is 2.81. The molecule has 0 saturated heterocycles. The summed E-state index contributed by atoms with van der Waals surface area (Å²) in [4.78, 5) is 4.44. The van der Waals surface area contributed by atoms with Gasteiger partial charge in [0.1, 0.15) is 0 Å². The summed E-state index contributed by atoms with van der Waals surface area (Å²) in [7, 11) is 0. The first kappa shape index (κ1) is 17.5. The predicted molar refractivity (Wildman–Crippen MR) is 103 cm³/mol. The van der Waals surface area contributed by atoms with Crippen molar-refractivity contribution in [2.24, 2.45) is 0 Å². The number of hydrogen-bond acceptors (Lipinski definition) is 5. The molecule has 0 unspecified atom stereocenters. The lowest BCUT2D eigenvalue weighted by Gasteiger charge is -2.14. The maximum absolute atomic E-state index is 6.18. The Bertz CT molecular complexity index is 883. The monoisotopic (exact) mass is 373 g/mol. The molecule has 0 fully saturated rings. The number of benzene rings is 2. The Hall–Kier alpha value is -2.37. The summed E-state index contributed by atoms with van der Waals surface area (Å²) in [5.74, 6) is 1.31. The van der Waals surface area contributed by atoms with Crippen LogP contribution in [0.3, 0.4) is 0 Å². The highest BCUT2D eigenvalue weighted by Crippen LogP contribution is 2.31. The van der Waals surface area contributed by atoms with E-state index in [0.717, 1.165) is 5.69 Å². The Kier molecular flexibility index (Phi) is 5.36. The fourth-order valence-corrected chi connectivity index (χ4v) is 2.74. The second-order valence-electron chi connectivity index (χ2n) is 5.76. The second-order valence-corrected chi connectivity index (χ2v) is 6.54. The van der Waals surface area contributed by atoms with Crippen molar-refractivity contribution in [2.45, 2.75) is 19.8 Å². The molecule has 1 aromatic heterocycles. The first-order valence-corrected chi connectivity index (χ1v) is 8.57. The lowest BCUT2D eigenvalue weighted by Crippen LogP contribution is -2.04. The van der Waals surface area contributed by atoms with Gasteiger partial charge in [0.2, 0.25) is 5.95 Å². The molecule has 0 aliphatic rings. The van der Waals surface area contributed by atoms with Crippen LogP contribution < -0.4 is 10.6 Å². The standard InChI is InChI=1S/C18H17Cl2N5/c1-11(2)12-6-3-4-8-14(12)22-16-10-21-25-18(24-16)23-15-9-5-7-13(19)17(15)20/h3-11H,1-2H3,(H2,22,23,24,25). The van der Waals surface area contributed by atoms with Crippen LogP contribution in [0.25, 0.3) is 0 Å². The van der Waals surface area contributed by atoms with Gasteiger partial charge in [-0.05, 0) is 29.7 Å². The summed E-state index contributed by atoms with van der Waals surface area (Å²) >= 11 is 12.2. The maximum Gasteiger partial charge on any atom is 0.249 e. The molecule has 5 nitrogen and oxygen atoms in total. The molecule has 0 saturated carbocycles. The average molecular weight is 374 g/mol. The predicted octanol–water partition coefficient (Wildman–Crippen LogP) is 5.79. The van der Waals surface area contributed by atoms with Crippen molar-refractivity contribution in [3.05, 3.63) is 64.3 Å². The molecule has 0 bridgehead atoms. The van der Waals surface area contributed by atoms with Gasteiger partial charge in [0.25, 0.3) is 0 Å². The maximum atomic E-state index is 6.18. The quantitative estimate of drug-likeness (QED) is 0.592. The molecular weight excluding hydrogens is 357 g/mol. The van der Waals surface area contributed by atoms with Crippen molar-refractivity contribution in [3.63, 3.8) is 0 Å². The lowest BCUT2D eigenvalue weighted by molar-refractivity contribution is 0.868. The number of anilines is 4. The summed E-state index contributed by atoms with van der Waals surface area (Å²) in [6, 6.07) is 13.4. The summed E-state index contributed by atoms with van der Waals surface area (Å²) < 4.78 is 0. The van der Waals surface area contributed by atoms with E-state index < -0.39 is 0 Å². The molecule has 2 aromatic carbocycles. The van der Waals surface area contributed by atoms with E-state index in [1.807, 2.05) is 18.2 Å². The topological polar surface area (TPSA) is 62.7 Å². The number of hydrogen-bond donors (Lipinski definition) is 2. The van der Waals surface area contributed by atoms with Gasteiger partial charge in [-0.2, -0.15) is 10.1 Å². The molecule has 128 valence electrons. The Morgan fingerprint density at radius 1 is 0.920 bits per heavy atom. The molecule has 0 atom stereocenters. The molecule has 3 aromatic rings. The van der Waals surface area contributed by atoms with Gasteiger partial charge in [-0.25, -0.2) is 0 Å². The van der Waals surface area contributed by atoms with Gasteiger partial charge in [-0.1, -0.05) is 61.3 Å². The van der Waals surface area contributed by atoms with Crippen LogP contribution in [0.4, 0.5) is 23.1 Å². The minimum Gasteiger partial charge on any atom is -0.339 e. The molecule has 2 N–H and O–H groups in total. The molecule has 3 rings (SSSR count). The molecule has 1 heterocycles. The molecule has 0 amide bonds. The smallest absolute Gasteiger partial charge is 0.249 e. The Labute approximate surface area is 156 Å². The van der Waals surface area contributed by atoms with Gasteiger partial charge < -0.3 is 10.6 Å². The number of halogens is 2. The zero-order chi connectivity index (χ0) is 17.8.